The summed E-state index contributed by atoms with van der Waals surface area (Å²) in [6, 6.07) is 14.2. The average Bonchev–Trinajstić information content (AvgIpc) is 2.72. The van der Waals surface area contributed by atoms with Crippen LogP contribution in [0.1, 0.15) is 33.3 Å². The van der Waals surface area contributed by atoms with E-state index in [1.807, 2.05) is 31.2 Å². The van der Waals surface area contributed by atoms with E-state index in [0.717, 1.165) is 16.3 Å². The van der Waals surface area contributed by atoms with E-state index in [1.54, 1.807) is 20.8 Å². The Kier molecular flexibility index (Phi) is 10.8. The molecule has 6 nitrogen and oxygen atoms in total. The molecule has 6 heteroatoms. The van der Waals surface area contributed by atoms with Crippen molar-refractivity contribution >= 4 is 22.8 Å². The first-order valence-electron chi connectivity index (χ1n) is 10.3. The maximum Gasteiger partial charge on any atom is 0.408 e. The van der Waals surface area contributed by atoms with E-state index in [2.05, 4.69) is 36.7 Å². The third-order valence-corrected chi connectivity index (χ3v) is 3.99. The van der Waals surface area contributed by atoms with Crippen molar-refractivity contribution in [3.63, 3.8) is 0 Å². The quantitative estimate of drug-likeness (QED) is 0.331. The number of nitrogens with one attached hydrogen (secondary N) is 1. The standard InChI is InChI=1S/C20H25NO4.C6H8O/c1-14(24-18(22)13-21-19(23)25-20(2,3)4)12-16-10-7-9-15-8-5-6-11-17(15)16;1-3-5-6(7)4-2/h5-11,14H,12-13H2,1-4H3,(H,21,23);3-5,7H,1-2H2/b;6-5+. The van der Waals surface area contributed by atoms with Gasteiger partial charge in [-0.05, 0) is 56.2 Å². The van der Waals surface area contributed by atoms with E-state index >= 15 is 0 Å². The molecule has 2 rings (SSSR count). The lowest BCUT2D eigenvalue weighted by Gasteiger charge is -2.20. The molecule has 0 bridgehead atoms. The molecule has 0 aliphatic heterocycles. The lowest BCUT2D eigenvalue weighted by Crippen LogP contribution is -2.36. The molecule has 1 atom stereocenters. The maximum atomic E-state index is 11.9. The van der Waals surface area contributed by atoms with Crippen LogP contribution in [0.3, 0.4) is 0 Å². The number of alkyl carbamates (subject to hydrolysis) is 1. The van der Waals surface area contributed by atoms with Crippen LogP contribution in [0.25, 0.3) is 10.8 Å². The fraction of sp³-hybridized carbons (Fsp3) is 0.308. The van der Waals surface area contributed by atoms with E-state index in [-0.39, 0.29) is 18.4 Å². The Bertz CT molecular complexity index is 951. The van der Waals surface area contributed by atoms with Crippen LogP contribution in [0.4, 0.5) is 4.79 Å². The van der Waals surface area contributed by atoms with Gasteiger partial charge in [0.05, 0.1) is 0 Å². The predicted molar refractivity (Wildman–Crippen MR) is 129 cm³/mol. The van der Waals surface area contributed by atoms with Crippen molar-refractivity contribution in [2.75, 3.05) is 6.54 Å². The van der Waals surface area contributed by atoms with Crippen LogP contribution in [0, 0.1) is 0 Å². The van der Waals surface area contributed by atoms with E-state index in [9.17, 15) is 9.59 Å². The van der Waals surface area contributed by atoms with Gasteiger partial charge in [0.2, 0.25) is 0 Å². The Labute approximate surface area is 190 Å². The number of carbonyl (C=O) groups excluding carboxylic acids is 2. The molecule has 0 spiro atoms. The summed E-state index contributed by atoms with van der Waals surface area (Å²) in [6.45, 7) is 13.6. The molecule has 32 heavy (non-hydrogen) atoms. The molecule has 2 N–H and O–H groups in total. The second-order valence-corrected chi connectivity index (χ2v) is 8.03. The van der Waals surface area contributed by atoms with Crippen LogP contribution in [-0.2, 0) is 20.7 Å². The number of fused-ring (bicyclic) bond motifs is 1. The summed E-state index contributed by atoms with van der Waals surface area (Å²) < 4.78 is 10.5. The number of aliphatic hydroxyl groups excluding tert-OH is 1. The van der Waals surface area contributed by atoms with Crippen LogP contribution >= 0.6 is 0 Å². The van der Waals surface area contributed by atoms with Gasteiger partial charge in [-0.25, -0.2) is 4.79 Å². The molecule has 0 heterocycles. The SMILES string of the molecule is C=C/C=C(/O)C=C.CC(Cc1cccc2ccccc12)OC(=O)CNC(=O)OC(C)(C)C. The number of benzene rings is 2. The maximum absolute atomic E-state index is 11.9. The van der Waals surface area contributed by atoms with Crippen LogP contribution < -0.4 is 5.32 Å². The number of carbonyl (C=O) groups is 2. The van der Waals surface area contributed by atoms with Gasteiger partial charge in [0.1, 0.15) is 24.0 Å². The minimum Gasteiger partial charge on any atom is -0.508 e. The van der Waals surface area contributed by atoms with Gasteiger partial charge in [-0.1, -0.05) is 61.7 Å². The molecular formula is C26H33NO5. The zero-order valence-corrected chi connectivity index (χ0v) is 19.3. The molecule has 0 aliphatic rings. The zero-order chi connectivity index (χ0) is 24.1. The molecular weight excluding hydrogens is 406 g/mol. The van der Waals surface area contributed by atoms with Gasteiger partial charge in [0, 0.05) is 6.42 Å². The second-order valence-electron chi connectivity index (χ2n) is 8.03. The zero-order valence-electron chi connectivity index (χ0n) is 19.3. The minimum absolute atomic E-state index is 0.148. The van der Waals surface area contributed by atoms with E-state index in [0.29, 0.717) is 6.42 Å². The third-order valence-electron chi connectivity index (χ3n) is 3.99. The Morgan fingerprint density at radius 1 is 1.12 bits per heavy atom. The van der Waals surface area contributed by atoms with Gasteiger partial charge in [-0.15, -0.1) is 0 Å². The molecule has 0 aliphatic carbocycles. The fourth-order valence-corrected chi connectivity index (χ4v) is 2.74. The number of esters is 1. The smallest absolute Gasteiger partial charge is 0.408 e. The lowest BCUT2D eigenvalue weighted by molar-refractivity contribution is -0.147. The molecule has 0 radical (unpaired) electrons. The van der Waals surface area contributed by atoms with Crippen molar-refractivity contribution in [3.8, 4) is 0 Å². The number of allylic oxidation sites excluding steroid dienone is 3. The number of aliphatic hydroxyl groups is 1. The van der Waals surface area contributed by atoms with Crippen molar-refractivity contribution in [3.05, 3.63) is 85.2 Å². The minimum atomic E-state index is -0.633. The van der Waals surface area contributed by atoms with Crippen molar-refractivity contribution in [2.45, 2.75) is 45.8 Å². The van der Waals surface area contributed by atoms with E-state index in [1.165, 1.54) is 18.2 Å². The number of hydrogen-bond donors (Lipinski definition) is 2. The topological polar surface area (TPSA) is 84.9 Å². The molecule has 0 fully saturated rings. The summed E-state index contributed by atoms with van der Waals surface area (Å²) >= 11 is 0. The summed E-state index contributed by atoms with van der Waals surface area (Å²) in [7, 11) is 0. The first kappa shape index (κ1) is 26.5. The van der Waals surface area contributed by atoms with Crippen LogP contribution in [-0.4, -0.2) is 35.4 Å². The summed E-state index contributed by atoms with van der Waals surface area (Å²) in [6.07, 6.45) is 4.00. The predicted octanol–water partition coefficient (Wildman–Crippen LogP) is 5.64. The largest absolute Gasteiger partial charge is 0.508 e. The van der Waals surface area contributed by atoms with Crippen molar-refractivity contribution < 1.29 is 24.2 Å². The third kappa shape index (κ3) is 10.5. The van der Waals surface area contributed by atoms with Gasteiger partial charge < -0.3 is 19.9 Å². The van der Waals surface area contributed by atoms with Crippen LogP contribution in [0.15, 0.2) is 79.6 Å². The molecule has 0 saturated carbocycles. The van der Waals surface area contributed by atoms with Crippen LogP contribution in [0.5, 0.6) is 0 Å². The van der Waals surface area contributed by atoms with Gasteiger partial charge in [-0.3, -0.25) is 4.79 Å². The molecule has 1 amide bonds. The highest BCUT2D eigenvalue weighted by molar-refractivity contribution is 5.85. The van der Waals surface area contributed by atoms with Gasteiger partial charge >= 0.3 is 12.1 Å². The molecule has 172 valence electrons. The van der Waals surface area contributed by atoms with Gasteiger partial charge in [0.15, 0.2) is 0 Å². The van der Waals surface area contributed by atoms with E-state index < -0.39 is 17.7 Å². The summed E-state index contributed by atoms with van der Waals surface area (Å²) in [5.41, 5.74) is 0.522. The van der Waals surface area contributed by atoms with Crippen molar-refractivity contribution in [1.29, 1.82) is 0 Å². The van der Waals surface area contributed by atoms with E-state index in [4.69, 9.17) is 14.6 Å². The monoisotopic (exact) mass is 439 g/mol. The highest BCUT2D eigenvalue weighted by Crippen LogP contribution is 2.20. The molecule has 0 aromatic heterocycles. The summed E-state index contributed by atoms with van der Waals surface area (Å²) in [4.78, 5) is 23.4. The van der Waals surface area contributed by atoms with Gasteiger partial charge in [-0.2, -0.15) is 0 Å². The number of ether oxygens (including phenoxy) is 2. The Morgan fingerprint density at radius 2 is 1.78 bits per heavy atom. The average molecular weight is 440 g/mol. The molecule has 0 saturated heterocycles. The summed E-state index contributed by atoms with van der Waals surface area (Å²) in [5.74, 6) is -0.339. The fourth-order valence-electron chi connectivity index (χ4n) is 2.74. The molecule has 2 aromatic rings. The Balaban J connectivity index is 0.000000633. The Morgan fingerprint density at radius 3 is 2.38 bits per heavy atom. The number of amides is 1. The second kappa shape index (κ2) is 13.0. The first-order chi connectivity index (χ1) is 15.1. The van der Waals surface area contributed by atoms with Crippen LogP contribution in [0.2, 0.25) is 0 Å². The first-order valence-corrected chi connectivity index (χ1v) is 10.3. The normalized spacial score (nSPS) is 12.1. The summed E-state index contributed by atoms with van der Waals surface area (Å²) in [5, 5.41) is 13.2. The number of rotatable bonds is 7. The van der Waals surface area contributed by atoms with Gasteiger partial charge in [0.25, 0.3) is 0 Å². The Hall–Kier alpha value is -3.54. The highest BCUT2D eigenvalue weighted by Gasteiger charge is 2.18. The molecule has 1 unspecified atom stereocenters. The highest BCUT2D eigenvalue weighted by atomic mass is 16.6. The number of hydrogen-bond acceptors (Lipinski definition) is 5. The lowest BCUT2D eigenvalue weighted by atomic mass is 10.0. The molecule has 2 aromatic carbocycles. The van der Waals surface area contributed by atoms with Crippen molar-refractivity contribution in [2.24, 2.45) is 0 Å². The van der Waals surface area contributed by atoms with Crippen molar-refractivity contribution in [1.82, 2.24) is 5.32 Å².